The van der Waals surface area contributed by atoms with E-state index in [9.17, 15) is 18.0 Å². The number of alkyl halides is 3. The highest BCUT2D eigenvalue weighted by molar-refractivity contribution is 8.00. The Morgan fingerprint density at radius 3 is 2.52 bits per heavy atom. The van der Waals surface area contributed by atoms with Crippen LogP contribution in [0.25, 0.3) is 0 Å². The minimum Gasteiger partial charge on any atom is -0.324 e. The number of thioether (sulfide) groups is 1. The van der Waals surface area contributed by atoms with Crippen molar-refractivity contribution in [3.63, 3.8) is 0 Å². The van der Waals surface area contributed by atoms with Gasteiger partial charge in [0, 0.05) is 6.42 Å². The quantitative estimate of drug-likeness (QED) is 0.512. The van der Waals surface area contributed by atoms with E-state index < -0.39 is 28.9 Å². The van der Waals surface area contributed by atoms with Crippen LogP contribution in [0.1, 0.15) is 48.8 Å². The van der Waals surface area contributed by atoms with Crippen molar-refractivity contribution in [1.82, 2.24) is 14.9 Å². The van der Waals surface area contributed by atoms with Crippen LogP contribution in [0.2, 0.25) is 0 Å². The second-order valence-electron chi connectivity index (χ2n) is 7.76. The smallest absolute Gasteiger partial charge is 0.324 e. The minimum absolute atomic E-state index is 0.269. The first-order valence-electron chi connectivity index (χ1n) is 10.7. The number of halogens is 3. The van der Waals surface area contributed by atoms with E-state index >= 15 is 0 Å². The molecule has 33 heavy (non-hydrogen) atoms. The van der Waals surface area contributed by atoms with E-state index in [1.54, 1.807) is 4.68 Å². The van der Waals surface area contributed by atoms with Crippen LogP contribution in [0.4, 0.5) is 18.9 Å². The maximum Gasteiger partial charge on any atom is 0.418 e. The van der Waals surface area contributed by atoms with Gasteiger partial charge in [-0.2, -0.15) is 13.2 Å². The summed E-state index contributed by atoms with van der Waals surface area (Å²) in [4.78, 5) is 13.3. The van der Waals surface area contributed by atoms with Crippen LogP contribution >= 0.6 is 11.8 Å². The number of hydrogen-bond acceptors (Lipinski definition) is 5. The van der Waals surface area contributed by atoms with Gasteiger partial charge in [0.1, 0.15) is 5.25 Å². The summed E-state index contributed by atoms with van der Waals surface area (Å²) in [6.45, 7) is 4.09. The Labute approximate surface area is 194 Å². The zero-order valence-electron chi connectivity index (χ0n) is 18.2. The van der Waals surface area contributed by atoms with Crippen LogP contribution < -0.4 is 10.7 Å². The molecule has 0 spiro atoms. The Morgan fingerprint density at radius 1 is 1.12 bits per heavy atom. The summed E-state index contributed by atoms with van der Waals surface area (Å²) in [5.41, 5.74) is 4.18. The van der Waals surface area contributed by atoms with Crippen molar-refractivity contribution in [3.8, 4) is 0 Å². The van der Waals surface area contributed by atoms with E-state index in [4.69, 9.17) is 0 Å². The molecule has 0 bridgehead atoms. The molecule has 0 unspecified atom stereocenters. The number of benzene rings is 2. The second-order valence-corrected chi connectivity index (χ2v) is 8.87. The lowest BCUT2D eigenvalue weighted by molar-refractivity contribution is -0.137. The first kappa shape index (κ1) is 23.2. The molecule has 2 aromatic carbocycles. The van der Waals surface area contributed by atoms with Gasteiger partial charge < -0.3 is 10.7 Å². The summed E-state index contributed by atoms with van der Waals surface area (Å²) in [7, 11) is 0. The third-order valence-corrected chi connectivity index (χ3v) is 6.69. The maximum absolute atomic E-state index is 13.4. The Morgan fingerprint density at radius 2 is 1.85 bits per heavy atom. The van der Waals surface area contributed by atoms with Gasteiger partial charge in [-0.05, 0) is 36.1 Å². The van der Waals surface area contributed by atoms with Gasteiger partial charge in [-0.1, -0.05) is 62.0 Å². The molecule has 2 heterocycles. The molecule has 1 amide bonds. The molecule has 1 aliphatic rings. The fourth-order valence-electron chi connectivity index (χ4n) is 3.74. The van der Waals surface area contributed by atoms with Crippen molar-refractivity contribution in [2.75, 3.05) is 10.7 Å². The number of amides is 1. The molecule has 2 N–H and O–H groups in total. The summed E-state index contributed by atoms with van der Waals surface area (Å²) in [6.07, 6.45) is -2.12. The molecule has 10 heteroatoms. The predicted molar refractivity (Wildman–Crippen MR) is 122 cm³/mol. The molecule has 0 fully saturated rings. The van der Waals surface area contributed by atoms with E-state index in [-0.39, 0.29) is 5.69 Å². The lowest BCUT2D eigenvalue weighted by Crippen LogP contribution is -2.41. The van der Waals surface area contributed by atoms with E-state index in [0.717, 1.165) is 35.9 Å². The number of para-hydroxylation sites is 1. The summed E-state index contributed by atoms with van der Waals surface area (Å²) >= 11 is 1.19. The van der Waals surface area contributed by atoms with Gasteiger partial charge in [-0.3, -0.25) is 4.79 Å². The number of aryl methyl sites for hydroxylation is 2. The number of carbonyl (C=O) groups is 1. The van der Waals surface area contributed by atoms with Gasteiger partial charge in [0.05, 0.1) is 17.3 Å². The van der Waals surface area contributed by atoms with Gasteiger partial charge in [0.25, 0.3) is 0 Å². The highest BCUT2D eigenvalue weighted by Gasteiger charge is 2.39. The summed E-state index contributed by atoms with van der Waals surface area (Å²) in [5.74, 6) is 0.205. The van der Waals surface area contributed by atoms with E-state index in [1.165, 1.54) is 30.0 Å². The average molecular weight is 476 g/mol. The molecular weight excluding hydrogens is 451 g/mol. The number of rotatable bonds is 6. The molecule has 6 nitrogen and oxygen atoms in total. The van der Waals surface area contributed by atoms with Crippen LogP contribution in [0.15, 0.2) is 53.7 Å². The standard InChI is InChI=1S/C23H24F3N5OS/c1-3-7-18-28-29-22-31(18)30-19(15-12-10-14(4-2)11-13-15)20(33-22)21(32)27-17-9-6-5-8-16(17)23(24,25)26/h5-6,8-13,19-20,30H,3-4,7H2,1-2H3,(H,27,32)/t19-,20+/m0/s1. The topological polar surface area (TPSA) is 71.8 Å². The second kappa shape index (κ2) is 9.46. The minimum atomic E-state index is -4.58. The fraction of sp³-hybridized carbons (Fsp3) is 0.348. The Balaban J connectivity index is 1.68. The number of anilines is 1. The predicted octanol–water partition coefficient (Wildman–Crippen LogP) is 5.21. The van der Waals surface area contributed by atoms with Gasteiger partial charge in [-0.25, -0.2) is 4.68 Å². The number of aromatic nitrogens is 3. The largest absolute Gasteiger partial charge is 0.418 e. The monoisotopic (exact) mass is 475 g/mol. The lowest BCUT2D eigenvalue weighted by Gasteiger charge is -2.33. The van der Waals surface area contributed by atoms with E-state index in [2.05, 4.69) is 27.9 Å². The van der Waals surface area contributed by atoms with Gasteiger partial charge in [0.2, 0.25) is 11.1 Å². The molecule has 0 saturated carbocycles. The van der Waals surface area contributed by atoms with Crippen molar-refractivity contribution in [2.24, 2.45) is 0 Å². The molecule has 174 valence electrons. The normalized spacial score (nSPS) is 17.8. The number of nitrogens with one attached hydrogen (secondary N) is 2. The first-order chi connectivity index (χ1) is 15.8. The number of carbonyl (C=O) groups excluding carboxylic acids is 1. The van der Waals surface area contributed by atoms with E-state index in [1.807, 2.05) is 31.2 Å². The van der Waals surface area contributed by atoms with Gasteiger partial charge in [0.15, 0.2) is 5.82 Å². The van der Waals surface area contributed by atoms with Crippen molar-refractivity contribution in [2.45, 2.75) is 55.7 Å². The van der Waals surface area contributed by atoms with Crippen molar-refractivity contribution in [3.05, 3.63) is 71.0 Å². The third-order valence-electron chi connectivity index (χ3n) is 5.47. The van der Waals surface area contributed by atoms with Gasteiger partial charge >= 0.3 is 6.18 Å². The highest BCUT2D eigenvalue weighted by Crippen LogP contribution is 2.39. The summed E-state index contributed by atoms with van der Waals surface area (Å²) in [6, 6.07) is 12.3. The fourth-order valence-corrected chi connectivity index (χ4v) is 4.84. The van der Waals surface area contributed by atoms with Crippen molar-refractivity contribution < 1.29 is 18.0 Å². The van der Waals surface area contributed by atoms with Crippen molar-refractivity contribution >= 4 is 23.4 Å². The SMILES string of the molecule is CCCc1nnc2n1N[C@@H](c1ccc(CC)cc1)[C@H](C(=O)Nc1ccccc1C(F)(F)F)S2. The Hall–Kier alpha value is -3.01. The summed E-state index contributed by atoms with van der Waals surface area (Å²) in [5, 5.41) is 10.6. The molecule has 0 saturated heterocycles. The molecule has 3 aromatic rings. The molecular formula is C23H24F3N5OS. The average Bonchev–Trinajstić information content (AvgIpc) is 3.20. The molecule has 0 aliphatic carbocycles. The molecule has 0 radical (unpaired) electrons. The van der Waals surface area contributed by atoms with Crippen LogP contribution in [0.3, 0.4) is 0 Å². The molecule has 4 rings (SSSR count). The first-order valence-corrected chi connectivity index (χ1v) is 11.6. The summed E-state index contributed by atoms with van der Waals surface area (Å²) < 4.78 is 42.1. The zero-order chi connectivity index (χ0) is 23.6. The maximum atomic E-state index is 13.4. The third kappa shape index (κ3) is 4.85. The Kier molecular flexibility index (Phi) is 6.64. The highest BCUT2D eigenvalue weighted by atomic mass is 32.2. The van der Waals surface area contributed by atoms with Gasteiger partial charge in [-0.15, -0.1) is 10.2 Å². The zero-order valence-corrected chi connectivity index (χ0v) is 19.0. The Bertz CT molecular complexity index is 1130. The van der Waals surface area contributed by atoms with Crippen LogP contribution in [0, 0.1) is 0 Å². The van der Waals surface area contributed by atoms with Crippen LogP contribution in [-0.4, -0.2) is 26.0 Å². The molecule has 1 aromatic heterocycles. The van der Waals surface area contributed by atoms with Crippen LogP contribution in [-0.2, 0) is 23.8 Å². The van der Waals surface area contributed by atoms with Crippen molar-refractivity contribution in [1.29, 1.82) is 0 Å². The molecule has 2 atom stereocenters. The van der Waals surface area contributed by atoms with Crippen LogP contribution in [0.5, 0.6) is 0 Å². The molecule has 1 aliphatic heterocycles. The number of nitrogens with zero attached hydrogens (tertiary/aromatic N) is 3. The van der Waals surface area contributed by atoms with E-state index in [0.29, 0.717) is 11.6 Å². The number of hydrogen-bond donors (Lipinski definition) is 2. The lowest BCUT2D eigenvalue weighted by atomic mass is 10.0. The number of fused-ring (bicyclic) bond motifs is 1.